The van der Waals surface area contributed by atoms with Crippen LogP contribution in [-0.2, 0) is 4.79 Å². The molecule has 1 aliphatic heterocycles. The van der Waals surface area contributed by atoms with Crippen LogP contribution in [0.4, 0.5) is 5.69 Å². The first kappa shape index (κ1) is 16.6. The fourth-order valence-corrected chi connectivity index (χ4v) is 2.94. The van der Waals surface area contributed by atoms with Gasteiger partial charge in [0.05, 0.1) is 28.6 Å². The van der Waals surface area contributed by atoms with Crippen LogP contribution < -0.4 is 5.01 Å². The summed E-state index contributed by atoms with van der Waals surface area (Å²) >= 11 is 0. The van der Waals surface area contributed by atoms with Crippen LogP contribution in [0, 0.1) is 11.3 Å². The van der Waals surface area contributed by atoms with Crippen LogP contribution in [0.1, 0.15) is 18.2 Å². The van der Waals surface area contributed by atoms with E-state index in [9.17, 15) is 10.1 Å². The monoisotopic (exact) mass is 353 g/mol. The molecule has 0 saturated heterocycles. The van der Waals surface area contributed by atoms with Gasteiger partial charge in [0.2, 0.25) is 0 Å². The maximum absolute atomic E-state index is 12.8. The first-order valence-electron chi connectivity index (χ1n) is 8.43. The highest BCUT2D eigenvalue weighted by molar-refractivity contribution is 6.32. The van der Waals surface area contributed by atoms with Crippen LogP contribution in [0.2, 0.25) is 0 Å². The van der Waals surface area contributed by atoms with Gasteiger partial charge in [0, 0.05) is 5.56 Å². The van der Waals surface area contributed by atoms with Crippen molar-refractivity contribution in [2.24, 2.45) is 5.10 Å². The summed E-state index contributed by atoms with van der Waals surface area (Å²) in [6, 6.07) is 22.3. The number of furan rings is 1. The second-order valence-electron chi connectivity index (χ2n) is 6.06. The number of hydrogen-bond acceptors (Lipinski definition) is 4. The molecule has 0 spiro atoms. The van der Waals surface area contributed by atoms with E-state index >= 15 is 0 Å². The van der Waals surface area contributed by atoms with Gasteiger partial charge in [0.15, 0.2) is 0 Å². The lowest BCUT2D eigenvalue weighted by molar-refractivity contribution is -0.114. The fraction of sp³-hybridized carbons (Fsp3) is 0.0455. The lowest BCUT2D eigenvalue weighted by atomic mass is 10.1. The van der Waals surface area contributed by atoms with Crippen molar-refractivity contribution in [3.05, 3.63) is 83.6 Å². The van der Waals surface area contributed by atoms with Crippen LogP contribution in [0.25, 0.3) is 17.4 Å². The highest BCUT2D eigenvalue weighted by Crippen LogP contribution is 2.28. The smallest absolute Gasteiger partial charge is 0.280 e. The summed E-state index contributed by atoms with van der Waals surface area (Å²) in [5.74, 6) is 0.915. The van der Waals surface area contributed by atoms with Crippen LogP contribution in [0.5, 0.6) is 0 Å². The number of amides is 1. The van der Waals surface area contributed by atoms with Crippen molar-refractivity contribution < 1.29 is 9.21 Å². The van der Waals surface area contributed by atoms with E-state index < -0.39 is 0 Å². The molecule has 27 heavy (non-hydrogen) atoms. The van der Waals surface area contributed by atoms with Gasteiger partial charge in [0.25, 0.3) is 5.91 Å². The predicted octanol–water partition coefficient (Wildman–Crippen LogP) is 4.62. The Labute approximate surface area is 156 Å². The van der Waals surface area contributed by atoms with Crippen LogP contribution in [0.15, 0.2) is 81.8 Å². The molecule has 1 aromatic heterocycles. The standard InChI is InChI=1S/C22H15N3O2/c1-15-20(22(26)25(24-15)17-8-3-2-4-9-17)13-18-11-12-21(27-18)19-10-6-5-7-16(19)14-23/h2-13H,1H3/b20-13-. The molecular weight excluding hydrogens is 338 g/mol. The number of carbonyl (C=O) groups is 1. The number of nitrogens with zero attached hydrogens (tertiary/aromatic N) is 3. The normalized spacial score (nSPS) is 15.1. The minimum Gasteiger partial charge on any atom is -0.457 e. The topological polar surface area (TPSA) is 69.6 Å². The Morgan fingerprint density at radius 2 is 1.78 bits per heavy atom. The molecule has 130 valence electrons. The summed E-state index contributed by atoms with van der Waals surface area (Å²) in [5.41, 5.74) is 3.08. The van der Waals surface area contributed by atoms with E-state index in [0.717, 1.165) is 5.56 Å². The summed E-state index contributed by atoms with van der Waals surface area (Å²) in [6.45, 7) is 1.79. The van der Waals surface area contributed by atoms with Gasteiger partial charge in [-0.15, -0.1) is 0 Å². The van der Waals surface area contributed by atoms with Crippen molar-refractivity contribution in [1.82, 2.24) is 0 Å². The summed E-state index contributed by atoms with van der Waals surface area (Å²) in [7, 11) is 0. The molecule has 5 heteroatoms. The van der Waals surface area contributed by atoms with Crippen molar-refractivity contribution >= 4 is 23.4 Å². The zero-order valence-corrected chi connectivity index (χ0v) is 14.6. The third-order valence-electron chi connectivity index (χ3n) is 4.29. The lowest BCUT2D eigenvalue weighted by Crippen LogP contribution is -2.21. The van der Waals surface area contributed by atoms with Gasteiger partial charge in [0.1, 0.15) is 11.5 Å². The molecule has 0 fully saturated rings. The maximum Gasteiger partial charge on any atom is 0.280 e. The van der Waals surface area contributed by atoms with E-state index in [2.05, 4.69) is 11.2 Å². The Hall–Kier alpha value is -3.91. The molecule has 0 atom stereocenters. The summed E-state index contributed by atoms with van der Waals surface area (Å²) in [4.78, 5) is 12.8. The third-order valence-corrected chi connectivity index (χ3v) is 4.29. The summed E-state index contributed by atoms with van der Waals surface area (Å²) in [5, 5.41) is 15.0. The molecule has 0 N–H and O–H groups in total. The Bertz CT molecular complexity index is 1120. The molecule has 0 radical (unpaired) electrons. The van der Waals surface area contributed by atoms with Crippen molar-refractivity contribution in [3.63, 3.8) is 0 Å². The van der Waals surface area contributed by atoms with Gasteiger partial charge in [-0.25, -0.2) is 0 Å². The molecule has 5 nitrogen and oxygen atoms in total. The molecule has 1 aliphatic rings. The zero-order valence-electron chi connectivity index (χ0n) is 14.6. The summed E-state index contributed by atoms with van der Waals surface area (Å²) in [6.07, 6.45) is 1.68. The molecule has 4 rings (SSSR count). The fourth-order valence-electron chi connectivity index (χ4n) is 2.94. The third kappa shape index (κ3) is 3.05. The van der Waals surface area contributed by atoms with Gasteiger partial charge >= 0.3 is 0 Å². The van der Waals surface area contributed by atoms with E-state index in [-0.39, 0.29) is 5.91 Å². The number of para-hydroxylation sites is 1. The van der Waals surface area contributed by atoms with Crippen molar-refractivity contribution in [2.75, 3.05) is 5.01 Å². The maximum atomic E-state index is 12.8. The van der Waals surface area contributed by atoms with Gasteiger partial charge < -0.3 is 4.42 Å². The Morgan fingerprint density at radius 1 is 1.04 bits per heavy atom. The quantitative estimate of drug-likeness (QED) is 0.645. The number of hydrazone groups is 1. The first-order chi connectivity index (χ1) is 13.2. The second kappa shape index (κ2) is 6.77. The van der Waals surface area contributed by atoms with Gasteiger partial charge in [-0.2, -0.15) is 15.4 Å². The number of rotatable bonds is 3. The predicted molar refractivity (Wildman–Crippen MR) is 104 cm³/mol. The van der Waals surface area contributed by atoms with Crippen LogP contribution in [-0.4, -0.2) is 11.6 Å². The van der Waals surface area contributed by atoms with Crippen LogP contribution >= 0.6 is 0 Å². The molecule has 0 unspecified atom stereocenters. The minimum atomic E-state index is -0.200. The average Bonchev–Trinajstić information content (AvgIpc) is 3.29. The first-order valence-corrected chi connectivity index (χ1v) is 8.43. The Morgan fingerprint density at radius 3 is 2.56 bits per heavy atom. The molecule has 0 saturated carbocycles. The van der Waals surface area contributed by atoms with E-state index in [1.807, 2.05) is 48.5 Å². The molecular formula is C22H15N3O2. The van der Waals surface area contributed by atoms with E-state index in [0.29, 0.717) is 34.1 Å². The van der Waals surface area contributed by atoms with E-state index in [1.165, 1.54) is 5.01 Å². The molecule has 2 heterocycles. The van der Waals surface area contributed by atoms with E-state index in [1.54, 1.807) is 31.2 Å². The van der Waals surface area contributed by atoms with Gasteiger partial charge in [-0.1, -0.05) is 30.3 Å². The molecule has 0 bridgehead atoms. The lowest BCUT2D eigenvalue weighted by Gasteiger charge is -2.10. The number of hydrogen-bond donors (Lipinski definition) is 0. The highest BCUT2D eigenvalue weighted by atomic mass is 16.3. The van der Waals surface area contributed by atoms with Crippen LogP contribution in [0.3, 0.4) is 0 Å². The average molecular weight is 353 g/mol. The Balaban J connectivity index is 1.66. The molecule has 2 aromatic carbocycles. The SMILES string of the molecule is CC1=NN(c2ccccc2)C(=O)/C1=C\c1ccc(-c2ccccc2C#N)o1. The number of carbonyl (C=O) groups excluding carboxylic acids is 1. The minimum absolute atomic E-state index is 0.200. The van der Waals surface area contributed by atoms with Crippen molar-refractivity contribution in [3.8, 4) is 17.4 Å². The molecule has 0 aliphatic carbocycles. The van der Waals surface area contributed by atoms with E-state index in [4.69, 9.17) is 4.42 Å². The largest absolute Gasteiger partial charge is 0.457 e. The summed E-state index contributed by atoms with van der Waals surface area (Å²) < 4.78 is 5.86. The van der Waals surface area contributed by atoms with Crippen molar-refractivity contribution in [2.45, 2.75) is 6.92 Å². The molecule has 1 amide bonds. The molecule has 3 aromatic rings. The number of nitriles is 1. The Kier molecular flexibility index (Phi) is 4.15. The van der Waals surface area contributed by atoms with Gasteiger partial charge in [-0.05, 0) is 49.4 Å². The second-order valence-corrected chi connectivity index (χ2v) is 6.06. The number of anilines is 1. The van der Waals surface area contributed by atoms with Gasteiger partial charge in [-0.3, -0.25) is 4.79 Å². The zero-order chi connectivity index (χ0) is 18.8. The number of benzene rings is 2. The highest BCUT2D eigenvalue weighted by Gasteiger charge is 2.28. The van der Waals surface area contributed by atoms with Crippen molar-refractivity contribution in [1.29, 1.82) is 5.26 Å².